The average molecular weight is 286 g/mol. The number of carbonyl (C=O) groups is 1. The Bertz CT molecular complexity index is 448. The summed E-state index contributed by atoms with van der Waals surface area (Å²) >= 11 is 0. The molecule has 0 fully saturated rings. The molecule has 1 aromatic rings. The lowest BCUT2D eigenvalue weighted by molar-refractivity contribution is -0.325. The van der Waals surface area contributed by atoms with Crippen LogP contribution in [0.4, 0.5) is 22.0 Å². The van der Waals surface area contributed by atoms with E-state index in [9.17, 15) is 26.7 Å². The Morgan fingerprint density at radius 1 is 1.16 bits per heavy atom. The summed E-state index contributed by atoms with van der Waals surface area (Å²) in [6, 6.07) is 0.983. The normalized spacial score (nSPS) is 11.4. The third kappa shape index (κ3) is 4.70. The number of rotatable bonds is 5. The van der Waals surface area contributed by atoms with E-state index in [1.165, 1.54) is 0 Å². The first-order valence-electron chi connectivity index (χ1n) is 4.76. The molecule has 106 valence electrons. The first-order chi connectivity index (χ1) is 8.70. The van der Waals surface area contributed by atoms with Crippen LogP contribution in [0.15, 0.2) is 12.1 Å². The van der Waals surface area contributed by atoms with Crippen molar-refractivity contribution in [1.82, 2.24) is 0 Å². The molecule has 9 heteroatoms. The summed E-state index contributed by atoms with van der Waals surface area (Å²) in [6.45, 7) is -1.71. The smallest absolute Gasteiger partial charge is 0.485 e. The van der Waals surface area contributed by atoms with Gasteiger partial charge < -0.3 is 9.84 Å². The second-order valence-corrected chi connectivity index (χ2v) is 3.22. The van der Waals surface area contributed by atoms with Gasteiger partial charge in [-0.3, -0.25) is 4.74 Å². The topological polar surface area (TPSA) is 55.8 Å². The van der Waals surface area contributed by atoms with Gasteiger partial charge in [-0.25, -0.2) is 13.6 Å². The number of aromatic carboxylic acids is 1. The minimum absolute atomic E-state index is 0.491. The molecule has 0 saturated heterocycles. The van der Waals surface area contributed by atoms with E-state index in [0.717, 1.165) is 0 Å². The molecule has 4 nitrogen and oxygen atoms in total. The molecular formula is C10H7F5O4. The minimum Gasteiger partial charge on any atom is -0.485 e. The van der Waals surface area contributed by atoms with Crippen molar-refractivity contribution in [3.63, 3.8) is 0 Å². The average Bonchev–Trinajstić information content (AvgIpc) is 2.25. The Morgan fingerprint density at radius 2 is 1.68 bits per heavy atom. The molecule has 0 spiro atoms. The quantitative estimate of drug-likeness (QED) is 0.667. The van der Waals surface area contributed by atoms with Crippen LogP contribution in [0.5, 0.6) is 5.75 Å². The second-order valence-electron chi connectivity index (χ2n) is 3.22. The first kappa shape index (κ1) is 15.2. The molecule has 1 rings (SSSR count). The van der Waals surface area contributed by atoms with Crippen LogP contribution in [0.25, 0.3) is 0 Å². The van der Waals surface area contributed by atoms with Crippen LogP contribution in [0.3, 0.4) is 0 Å². The number of carboxylic acids is 1. The van der Waals surface area contributed by atoms with Crippen LogP contribution < -0.4 is 4.74 Å². The Kier molecular flexibility index (Phi) is 4.65. The first-order valence-corrected chi connectivity index (χ1v) is 4.76. The van der Waals surface area contributed by atoms with Gasteiger partial charge in [0, 0.05) is 0 Å². The van der Waals surface area contributed by atoms with Gasteiger partial charge in [-0.15, -0.1) is 13.2 Å². The molecule has 0 aromatic heterocycles. The number of hydrogen-bond acceptors (Lipinski definition) is 3. The van der Waals surface area contributed by atoms with Gasteiger partial charge in [-0.1, -0.05) is 0 Å². The van der Waals surface area contributed by atoms with Crippen molar-refractivity contribution in [1.29, 1.82) is 0 Å². The maximum atomic E-state index is 13.2. The number of hydrogen-bond donors (Lipinski definition) is 1. The lowest BCUT2D eigenvalue weighted by Crippen LogP contribution is -2.18. The highest BCUT2D eigenvalue weighted by Crippen LogP contribution is 2.23. The van der Waals surface area contributed by atoms with Crippen LogP contribution in [-0.4, -0.2) is 30.7 Å². The molecule has 19 heavy (non-hydrogen) atoms. The van der Waals surface area contributed by atoms with Crippen molar-refractivity contribution in [3.05, 3.63) is 29.3 Å². The van der Waals surface area contributed by atoms with Gasteiger partial charge in [0.25, 0.3) is 0 Å². The minimum atomic E-state index is -4.87. The molecule has 0 bridgehead atoms. The van der Waals surface area contributed by atoms with Crippen molar-refractivity contribution in [2.24, 2.45) is 0 Å². The predicted molar refractivity (Wildman–Crippen MR) is 50.8 cm³/mol. The van der Waals surface area contributed by atoms with Crippen molar-refractivity contribution in [3.8, 4) is 5.75 Å². The molecule has 0 radical (unpaired) electrons. The van der Waals surface area contributed by atoms with E-state index in [1.54, 1.807) is 0 Å². The molecule has 0 saturated carbocycles. The molecule has 0 aliphatic rings. The molecule has 1 N–H and O–H groups in total. The van der Waals surface area contributed by atoms with Crippen molar-refractivity contribution in [2.75, 3.05) is 13.2 Å². The zero-order valence-electron chi connectivity index (χ0n) is 9.13. The summed E-state index contributed by atoms with van der Waals surface area (Å²) in [4.78, 5) is 10.5. The van der Waals surface area contributed by atoms with Gasteiger partial charge in [0.05, 0.1) is 12.2 Å². The summed E-state index contributed by atoms with van der Waals surface area (Å²) in [5.41, 5.74) is -0.645. The van der Waals surface area contributed by atoms with E-state index in [0.29, 0.717) is 12.1 Å². The highest BCUT2D eigenvalue weighted by Gasteiger charge is 2.28. The second kappa shape index (κ2) is 5.83. The Hall–Kier alpha value is -1.90. The highest BCUT2D eigenvalue weighted by atomic mass is 19.4. The van der Waals surface area contributed by atoms with Crippen LogP contribution >= 0.6 is 0 Å². The Balaban J connectivity index is 2.67. The molecular weight excluding hydrogens is 279 g/mol. The predicted octanol–water partition coefficient (Wildman–Crippen LogP) is 2.58. The summed E-state index contributed by atoms with van der Waals surface area (Å²) in [7, 11) is 0. The number of carboxylic acid groups (broad SMARTS) is 1. The number of ether oxygens (including phenoxy) is 2. The molecule has 0 atom stereocenters. The molecule has 0 aliphatic heterocycles. The van der Waals surface area contributed by atoms with E-state index < -0.39 is 48.5 Å². The largest absolute Gasteiger partial charge is 0.522 e. The maximum Gasteiger partial charge on any atom is 0.522 e. The van der Waals surface area contributed by atoms with E-state index in [2.05, 4.69) is 9.47 Å². The Labute approximate surface area is 103 Å². The van der Waals surface area contributed by atoms with Gasteiger partial charge in [0.2, 0.25) is 0 Å². The molecule has 0 amide bonds. The van der Waals surface area contributed by atoms with Gasteiger partial charge in [-0.2, -0.15) is 0 Å². The van der Waals surface area contributed by atoms with Gasteiger partial charge in [0.15, 0.2) is 17.4 Å². The number of benzene rings is 1. The van der Waals surface area contributed by atoms with Gasteiger partial charge in [0.1, 0.15) is 6.61 Å². The number of alkyl halides is 3. The molecule has 0 unspecified atom stereocenters. The fraction of sp³-hybridized carbons (Fsp3) is 0.300. The van der Waals surface area contributed by atoms with E-state index >= 15 is 0 Å². The van der Waals surface area contributed by atoms with Crippen molar-refractivity contribution in [2.45, 2.75) is 6.36 Å². The third-order valence-electron chi connectivity index (χ3n) is 1.84. The lowest BCUT2D eigenvalue weighted by Gasteiger charge is -2.10. The monoisotopic (exact) mass is 286 g/mol. The highest BCUT2D eigenvalue weighted by molar-refractivity contribution is 5.87. The summed E-state index contributed by atoms with van der Waals surface area (Å²) < 4.78 is 69.0. The van der Waals surface area contributed by atoms with Crippen molar-refractivity contribution >= 4 is 5.97 Å². The Morgan fingerprint density at radius 3 is 2.11 bits per heavy atom. The maximum absolute atomic E-state index is 13.2. The number of halogens is 5. The fourth-order valence-corrected chi connectivity index (χ4v) is 1.12. The summed E-state index contributed by atoms with van der Waals surface area (Å²) in [5.74, 6) is -5.17. The van der Waals surface area contributed by atoms with Crippen LogP contribution in [0.1, 0.15) is 10.4 Å². The lowest BCUT2D eigenvalue weighted by atomic mass is 10.2. The zero-order chi connectivity index (χ0) is 14.6. The van der Waals surface area contributed by atoms with Crippen LogP contribution in [-0.2, 0) is 4.74 Å². The van der Waals surface area contributed by atoms with E-state index in [1.807, 2.05) is 0 Å². The molecule has 1 aromatic carbocycles. The molecule has 0 aliphatic carbocycles. The van der Waals surface area contributed by atoms with Crippen LogP contribution in [0, 0.1) is 11.6 Å². The van der Waals surface area contributed by atoms with Crippen molar-refractivity contribution < 1.29 is 41.3 Å². The van der Waals surface area contributed by atoms with Gasteiger partial charge in [-0.05, 0) is 12.1 Å². The summed E-state index contributed by atoms with van der Waals surface area (Å²) in [5, 5.41) is 8.51. The van der Waals surface area contributed by atoms with E-state index in [-0.39, 0.29) is 0 Å². The zero-order valence-corrected chi connectivity index (χ0v) is 9.13. The SMILES string of the molecule is O=C(O)c1cc(F)c(OCCOC(F)(F)F)c(F)c1. The van der Waals surface area contributed by atoms with E-state index in [4.69, 9.17) is 5.11 Å². The molecule has 0 heterocycles. The fourth-order valence-electron chi connectivity index (χ4n) is 1.12. The standard InChI is InChI=1S/C10H7F5O4/c11-6-3-5(9(16)17)4-7(12)8(6)18-1-2-19-10(13,14)15/h3-4H,1-2H2,(H,16,17). The summed E-state index contributed by atoms with van der Waals surface area (Å²) in [6.07, 6.45) is -4.87. The van der Waals surface area contributed by atoms with Gasteiger partial charge >= 0.3 is 12.3 Å². The van der Waals surface area contributed by atoms with Crippen LogP contribution in [0.2, 0.25) is 0 Å². The third-order valence-corrected chi connectivity index (χ3v) is 1.84.